The summed E-state index contributed by atoms with van der Waals surface area (Å²) in [7, 11) is 0. The third kappa shape index (κ3) is 3.95. The van der Waals surface area contributed by atoms with Crippen LogP contribution in [0.2, 0.25) is 5.02 Å². The van der Waals surface area contributed by atoms with E-state index >= 15 is 0 Å². The van der Waals surface area contributed by atoms with Crippen LogP contribution in [0.15, 0.2) is 42.5 Å². The summed E-state index contributed by atoms with van der Waals surface area (Å²) in [5, 5.41) is 3.34. The second-order valence-electron chi connectivity index (χ2n) is 4.62. The van der Waals surface area contributed by atoms with Crippen LogP contribution in [0.25, 0.3) is 0 Å². The summed E-state index contributed by atoms with van der Waals surface area (Å²) in [6.07, 6.45) is -0.714. The molecule has 2 rings (SSSR count). The van der Waals surface area contributed by atoms with Gasteiger partial charge in [0.2, 0.25) is 0 Å². The van der Waals surface area contributed by atoms with Gasteiger partial charge in [0, 0.05) is 10.7 Å². The zero-order chi connectivity index (χ0) is 15.4. The minimum Gasteiger partial charge on any atom is -0.481 e. The molecular weight excluding hydrogens is 293 g/mol. The molecular formula is C16H15ClFNO2. The van der Waals surface area contributed by atoms with Gasteiger partial charge in [-0.1, -0.05) is 17.7 Å². The number of anilines is 1. The molecule has 0 saturated carbocycles. The zero-order valence-corrected chi connectivity index (χ0v) is 12.4. The molecule has 2 aromatic carbocycles. The fraction of sp³-hybridized carbons (Fsp3) is 0.188. The first kappa shape index (κ1) is 15.3. The van der Waals surface area contributed by atoms with Crippen LogP contribution in [0, 0.1) is 12.7 Å². The Hall–Kier alpha value is -2.07. The molecule has 21 heavy (non-hydrogen) atoms. The van der Waals surface area contributed by atoms with Crippen LogP contribution in [0.3, 0.4) is 0 Å². The molecule has 1 amide bonds. The van der Waals surface area contributed by atoms with Gasteiger partial charge in [0.1, 0.15) is 11.6 Å². The first-order chi connectivity index (χ1) is 9.97. The van der Waals surface area contributed by atoms with E-state index in [0.29, 0.717) is 16.5 Å². The summed E-state index contributed by atoms with van der Waals surface area (Å²) in [5.41, 5.74) is 1.43. The monoisotopic (exact) mass is 307 g/mol. The molecule has 3 nitrogen and oxygen atoms in total. The Labute approximate surface area is 127 Å². The van der Waals surface area contributed by atoms with E-state index in [2.05, 4.69) is 5.32 Å². The van der Waals surface area contributed by atoms with Gasteiger partial charge in [0.15, 0.2) is 6.10 Å². The van der Waals surface area contributed by atoms with E-state index in [1.165, 1.54) is 24.3 Å². The van der Waals surface area contributed by atoms with Crippen molar-refractivity contribution < 1.29 is 13.9 Å². The highest BCUT2D eigenvalue weighted by atomic mass is 35.5. The molecule has 0 saturated heterocycles. The predicted octanol–water partition coefficient (Wildman–Crippen LogP) is 4.19. The molecule has 0 spiro atoms. The average molecular weight is 308 g/mol. The molecule has 0 fully saturated rings. The van der Waals surface area contributed by atoms with E-state index in [1.54, 1.807) is 25.1 Å². The van der Waals surface area contributed by atoms with E-state index in [1.807, 2.05) is 6.92 Å². The number of hydrogen-bond donors (Lipinski definition) is 1. The summed E-state index contributed by atoms with van der Waals surface area (Å²) >= 11 is 6.00. The van der Waals surface area contributed by atoms with Gasteiger partial charge in [-0.2, -0.15) is 0 Å². The summed E-state index contributed by atoms with van der Waals surface area (Å²) in [5.74, 6) is -0.222. The number of nitrogens with one attached hydrogen (secondary N) is 1. The van der Waals surface area contributed by atoms with Crippen LogP contribution in [0.5, 0.6) is 5.75 Å². The van der Waals surface area contributed by atoms with E-state index < -0.39 is 6.10 Å². The van der Waals surface area contributed by atoms with Crippen LogP contribution < -0.4 is 10.1 Å². The normalized spacial score (nSPS) is 11.8. The highest BCUT2D eigenvalue weighted by Crippen LogP contribution is 2.23. The second kappa shape index (κ2) is 6.59. The molecule has 2 aromatic rings. The van der Waals surface area contributed by atoms with Gasteiger partial charge in [-0.3, -0.25) is 4.79 Å². The van der Waals surface area contributed by atoms with Gasteiger partial charge in [-0.05, 0) is 55.8 Å². The molecule has 0 heterocycles. The molecule has 0 radical (unpaired) electrons. The van der Waals surface area contributed by atoms with Crippen molar-refractivity contribution in [2.75, 3.05) is 5.32 Å². The maximum absolute atomic E-state index is 12.8. The van der Waals surface area contributed by atoms with Crippen LogP contribution >= 0.6 is 11.6 Å². The molecule has 0 bridgehead atoms. The van der Waals surface area contributed by atoms with Gasteiger partial charge >= 0.3 is 0 Å². The van der Waals surface area contributed by atoms with Gasteiger partial charge in [-0.15, -0.1) is 0 Å². The quantitative estimate of drug-likeness (QED) is 0.919. The van der Waals surface area contributed by atoms with Crippen molar-refractivity contribution in [3.63, 3.8) is 0 Å². The lowest BCUT2D eigenvalue weighted by molar-refractivity contribution is -0.122. The van der Waals surface area contributed by atoms with Crippen molar-refractivity contribution in [1.82, 2.24) is 0 Å². The maximum Gasteiger partial charge on any atom is 0.265 e. The highest BCUT2D eigenvalue weighted by molar-refractivity contribution is 6.31. The average Bonchev–Trinajstić information content (AvgIpc) is 2.46. The first-order valence-corrected chi connectivity index (χ1v) is 6.83. The number of halogens is 2. The van der Waals surface area contributed by atoms with Crippen molar-refractivity contribution in [2.45, 2.75) is 20.0 Å². The fourth-order valence-corrected chi connectivity index (χ4v) is 1.92. The SMILES string of the molecule is Cc1c(Cl)cccc1NC(=O)C(C)Oc1ccc(F)cc1. The lowest BCUT2D eigenvalue weighted by atomic mass is 10.2. The number of ether oxygens (including phenoxy) is 1. The standard InChI is InChI=1S/C16H15ClFNO2/c1-10-14(17)4-3-5-15(10)19-16(20)11(2)21-13-8-6-12(18)7-9-13/h3-9,11H,1-2H3,(H,19,20). The lowest BCUT2D eigenvalue weighted by Gasteiger charge is -2.16. The Morgan fingerprint density at radius 1 is 1.24 bits per heavy atom. The minimum atomic E-state index is -0.714. The zero-order valence-electron chi connectivity index (χ0n) is 11.7. The molecule has 0 aromatic heterocycles. The number of hydrogen-bond acceptors (Lipinski definition) is 2. The predicted molar refractivity (Wildman–Crippen MR) is 81.3 cm³/mol. The summed E-state index contributed by atoms with van der Waals surface area (Å²) < 4.78 is 18.3. The Bertz CT molecular complexity index is 643. The van der Waals surface area contributed by atoms with Crippen molar-refractivity contribution in [2.24, 2.45) is 0 Å². The third-order valence-corrected chi connectivity index (χ3v) is 3.43. The Morgan fingerprint density at radius 3 is 2.57 bits per heavy atom. The number of amides is 1. The van der Waals surface area contributed by atoms with Gasteiger partial charge < -0.3 is 10.1 Å². The molecule has 110 valence electrons. The van der Waals surface area contributed by atoms with E-state index in [-0.39, 0.29) is 11.7 Å². The number of benzene rings is 2. The van der Waals surface area contributed by atoms with E-state index in [0.717, 1.165) is 5.56 Å². The fourth-order valence-electron chi connectivity index (χ4n) is 1.75. The second-order valence-corrected chi connectivity index (χ2v) is 5.02. The molecule has 1 unspecified atom stereocenters. The van der Waals surface area contributed by atoms with Crippen molar-refractivity contribution in [3.8, 4) is 5.75 Å². The number of rotatable bonds is 4. The van der Waals surface area contributed by atoms with Gasteiger partial charge in [0.25, 0.3) is 5.91 Å². The molecule has 0 aliphatic heterocycles. The van der Waals surface area contributed by atoms with Gasteiger partial charge in [-0.25, -0.2) is 4.39 Å². The topological polar surface area (TPSA) is 38.3 Å². The molecule has 5 heteroatoms. The minimum absolute atomic E-state index is 0.301. The smallest absolute Gasteiger partial charge is 0.265 e. The van der Waals surface area contributed by atoms with Gasteiger partial charge in [0.05, 0.1) is 0 Å². The molecule has 0 aliphatic carbocycles. The van der Waals surface area contributed by atoms with Crippen molar-refractivity contribution in [1.29, 1.82) is 0 Å². The number of carbonyl (C=O) groups is 1. The first-order valence-electron chi connectivity index (χ1n) is 6.45. The van der Waals surface area contributed by atoms with Crippen LogP contribution in [-0.2, 0) is 4.79 Å². The van der Waals surface area contributed by atoms with Crippen molar-refractivity contribution >= 4 is 23.2 Å². The Morgan fingerprint density at radius 2 is 1.90 bits per heavy atom. The maximum atomic E-state index is 12.8. The molecule has 0 aliphatic rings. The third-order valence-electron chi connectivity index (χ3n) is 3.02. The Balaban J connectivity index is 2.02. The molecule has 1 N–H and O–H groups in total. The summed E-state index contributed by atoms with van der Waals surface area (Å²) in [6.45, 7) is 3.45. The largest absolute Gasteiger partial charge is 0.481 e. The molecule has 1 atom stereocenters. The lowest BCUT2D eigenvalue weighted by Crippen LogP contribution is -2.30. The highest BCUT2D eigenvalue weighted by Gasteiger charge is 2.16. The van der Waals surface area contributed by atoms with Crippen LogP contribution in [-0.4, -0.2) is 12.0 Å². The van der Waals surface area contributed by atoms with Crippen LogP contribution in [0.1, 0.15) is 12.5 Å². The summed E-state index contributed by atoms with van der Waals surface area (Å²) in [6, 6.07) is 10.8. The van der Waals surface area contributed by atoms with Crippen molar-refractivity contribution in [3.05, 3.63) is 58.9 Å². The van der Waals surface area contributed by atoms with E-state index in [4.69, 9.17) is 16.3 Å². The number of carbonyl (C=O) groups excluding carboxylic acids is 1. The Kier molecular flexibility index (Phi) is 4.81. The van der Waals surface area contributed by atoms with E-state index in [9.17, 15) is 9.18 Å². The van der Waals surface area contributed by atoms with Crippen LogP contribution in [0.4, 0.5) is 10.1 Å². The summed E-state index contributed by atoms with van der Waals surface area (Å²) in [4.78, 5) is 12.1.